The number of primary amides is 1. The summed E-state index contributed by atoms with van der Waals surface area (Å²) in [5.41, 5.74) is 4.76. The van der Waals surface area contributed by atoms with Gasteiger partial charge in [0.1, 0.15) is 5.54 Å². The maximum Gasteiger partial charge on any atom is 0.326 e. The molecule has 3 fully saturated rings. The first-order valence-corrected chi connectivity index (χ1v) is 8.71. The number of urea groups is 1. The number of nitrogens with two attached hydrogens (primary N) is 1. The van der Waals surface area contributed by atoms with Crippen molar-refractivity contribution < 1.29 is 14.4 Å². The predicted octanol–water partition coefficient (Wildman–Crippen LogP) is 0.928. The number of rotatable bonds is 3. The number of nitrogens with zero attached hydrogens (tertiary/aromatic N) is 2. The Hall–Kier alpha value is -1.63. The van der Waals surface area contributed by atoms with Gasteiger partial charge >= 0.3 is 6.03 Å². The molecule has 1 spiro atoms. The summed E-state index contributed by atoms with van der Waals surface area (Å²) in [4.78, 5) is 40.0. The summed E-state index contributed by atoms with van der Waals surface area (Å²) in [5.74, 6) is -0.501. The summed E-state index contributed by atoms with van der Waals surface area (Å²) < 4.78 is 0. The van der Waals surface area contributed by atoms with Gasteiger partial charge < -0.3 is 11.1 Å². The van der Waals surface area contributed by atoms with E-state index in [2.05, 4.69) is 5.32 Å². The van der Waals surface area contributed by atoms with Crippen molar-refractivity contribution in [2.75, 3.05) is 13.2 Å². The molecule has 23 heavy (non-hydrogen) atoms. The topological polar surface area (TPSA) is 95.7 Å². The van der Waals surface area contributed by atoms with Crippen LogP contribution in [0, 0.1) is 0 Å². The number of piperidine rings is 1. The fourth-order valence-electron chi connectivity index (χ4n) is 4.14. The van der Waals surface area contributed by atoms with Gasteiger partial charge in [-0.3, -0.25) is 14.5 Å². The van der Waals surface area contributed by atoms with Crippen LogP contribution in [-0.4, -0.2) is 52.4 Å². The lowest BCUT2D eigenvalue weighted by molar-refractivity contribution is -0.136. The Morgan fingerprint density at radius 1 is 1.13 bits per heavy atom. The van der Waals surface area contributed by atoms with Crippen molar-refractivity contribution in [3.63, 3.8) is 0 Å². The van der Waals surface area contributed by atoms with Crippen molar-refractivity contribution in [2.45, 2.75) is 69.4 Å². The molecule has 0 unspecified atom stereocenters. The maximum atomic E-state index is 12.9. The number of carbonyl (C=O) groups excluding carboxylic acids is 3. The first-order valence-electron chi connectivity index (χ1n) is 8.71. The van der Waals surface area contributed by atoms with E-state index in [9.17, 15) is 14.4 Å². The van der Waals surface area contributed by atoms with E-state index >= 15 is 0 Å². The fourth-order valence-corrected chi connectivity index (χ4v) is 4.14. The Morgan fingerprint density at radius 3 is 2.48 bits per heavy atom. The number of hydrogen-bond donors (Lipinski definition) is 2. The maximum absolute atomic E-state index is 12.9. The molecule has 0 aromatic carbocycles. The molecule has 7 heteroatoms. The molecule has 3 N–H and O–H groups in total. The van der Waals surface area contributed by atoms with E-state index in [0.29, 0.717) is 25.8 Å². The van der Waals surface area contributed by atoms with Gasteiger partial charge in [-0.2, -0.15) is 0 Å². The molecular formula is C16H26N4O3. The summed E-state index contributed by atoms with van der Waals surface area (Å²) in [6, 6.07) is -0.708. The van der Waals surface area contributed by atoms with Crippen molar-refractivity contribution in [3.8, 4) is 0 Å². The van der Waals surface area contributed by atoms with Crippen molar-refractivity contribution in [1.29, 1.82) is 0 Å². The largest absolute Gasteiger partial charge is 0.368 e. The number of carbonyl (C=O) groups is 3. The lowest BCUT2D eigenvalue weighted by atomic mass is 9.90. The average molecular weight is 322 g/mol. The van der Waals surface area contributed by atoms with E-state index in [1.807, 2.05) is 4.90 Å². The van der Waals surface area contributed by atoms with Crippen LogP contribution in [0.4, 0.5) is 4.79 Å². The third-order valence-electron chi connectivity index (χ3n) is 5.47. The van der Waals surface area contributed by atoms with Crippen molar-refractivity contribution in [2.24, 2.45) is 5.73 Å². The molecule has 2 saturated heterocycles. The van der Waals surface area contributed by atoms with E-state index in [1.165, 1.54) is 4.90 Å². The van der Waals surface area contributed by atoms with Crippen LogP contribution in [0.25, 0.3) is 0 Å². The summed E-state index contributed by atoms with van der Waals surface area (Å²) >= 11 is 0. The zero-order valence-corrected chi connectivity index (χ0v) is 13.6. The van der Waals surface area contributed by atoms with Gasteiger partial charge in [-0.25, -0.2) is 9.69 Å². The highest BCUT2D eigenvalue weighted by atomic mass is 16.2. The van der Waals surface area contributed by atoms with Crippen LogP contribution < -0.4 is 11.1 Å². The summed E-state index contributed by atoms with van der Waals surface area (Å²) in [6.45, 7) is 0.859. The molecule has 1 aliphatic carbocycles. The molecule has 1 saturated carbocycles. The Kier molecular flexibility index (Phi) is 4.57. The highest BCUT2D eigenvalue weighted by Crippen LogP contribution is 2.33. The second-order valence-electron chi connectivity index (χ2n) is 7.03. The second-order valence-corrected chi connectivity index (χ2v) is 7.03. The van der Waals surface area contributed by atoms with Gasteiger partial charge in [0, 0.05) is 6.54 Å². The first kappa shape index (κ1) is 16.2. The highest BCUT2D eigenvalue weighted by Gasteiger charge is 2.51. The summed E-state index contributed by atoms with van der Waals surface area (Å²) in [6.07, 6.45) is 8.19. The molecule has 0 aromatic rings. The summed E-state index contributed by atoms with van der Waals surface area (Å²) in [7, 11) is 0. The molecule has 3 rings (SSSR count). The molecule has 7 nitrogen and oxygen atoms in total. The molecule has 3 aliphatic rings. The van der Waals surface area contributed by atoms with Gasteiger partial charge in [0.05, 0.1) is 12.7 Å². The smallest absolute Gasteiger partial charge is 0.326 e. The van der Waals surface area contributed by atoms with E-state index in [1.54, 1.807) is 0 Å². The molecule has 1 atom stereocenters. The van der Waals surface area contributed by atoms with E-state index in [0.717, 1.165) is 38.5 Å². The van der Waals surface area contributed by atoms with Crippen LogP contribution in [0.5, 0.6) is 0 Å². The third kappa shape index (κ3) is 3.06. The van der Waals surface area contributed by atoms with Gasteiger partial charge in [-0.05, 0) is 25.7 Å². The Labute approximate surface area is 136 Å². The van der Waals surface area contributed by atoms with E-state index in [-0.39, 0.29) is 30.6 Å². The van der Waals surface area contributed by atoms with E-state index in [4.69, 9.17) is 5.73 Å². The number of hydrogen-bond acceptors (Lipinski definition) is 4. The van der Waals surface area contributed by atoms with Gasteiger partial charge in [0.2, 0.25) is 5.91 Å². The van der Waals surface area contributed by atoms with Crippen LogP contribution in [0.1, 0.15) is 57.8 Å². The fraction of sp³-hybridized carbons (Fsp3) is 0.812. The average Bonchev–Trinajstić information content (AvgIpc) is 2.71. The lowest BCUT2D eigenvalue weighted by Crippen LogP contribution is -2.53. The van der Waals surface area contributed by atoms with Gasteiger partial charge in [0.15, 0.2) is 0 Å². The highest BCUT2D eigenvalue weighted by molar-refractivity contribution is 6.07. The Bertz CT molecular complexity index is 500. The van der Waals surface area contributed by atoms with Gasteiger partial charge in [-0.15, -0.1) is 0 Å². The van der Waals surface area contributed by atoms with Gasteiger partial charge in [-0.1, -0.05) is 32.1 Å². The first-order chi connectivity index (χ1) is 11.0. The molecule has 0 radical (unpaired) electrons. The Morgan fingerprint density at radius 2 is 1.83 bits per heavy atom. The molecule has 2 aliphatic heterocycles. The van der Waals surface area contributed by atoms with Crippen LogP contribution in [-0.2, 0) is 9.59 Å². The SMILES string of the molecule is NC(=O)[C@H]1CCCCN1CN1C(=O)NC2(CCCCCC2)C1=O. The van der Waals surface area contributed by atoms with Crippen molar-refractivity contribution in [1.82, 2.24) is 15.1 Å². The molecule has 128 valence electrons. The van der Waals surface area contributed by atoms with Crippen molar-refractivity contribution >= 4 is 17.8 Å². The Balaban J connectivity index is 1.73. The lowest BCUT2D eigenvalue weighted by Gasteiger charge is -2.35. The van der Waals surface area contributed by atoms with Crippen molar-refractivity contribution in [3.05, 3.63) is 0 Å². The summed E-state index contributed by atoms with van der Waals surface area (Å²) in [5, 5.41) is 2.94. The minimum Gasteiger partial charge on any atom is -0.368 e. The van der Waals surface area contributed by atoms with E-state index < -0.39 is 5.54 Å². The molecule has 0 aromatic heterocycles. The second kappa shape index (κ2) is 6.47. The number of likely N-dealkylation sites (tertiary alicyclic amines) is 1. The van der Waals surface area contributed by atoms with Crippen LogP contribution in [0.2, 0.25) is 0 Å². The monoisotopic (exact) mass is 322 g/mol. The molecular weight excluding hydrogens is 296 g/mol. The normalized spacial score (nSPS) is 28.7. The molecule has 2 heterocycles. The predicted molar refractivity (Wildman–Crippen MR) is 84.2 cm³/mol. The van der Waals surface area contributed by atoms with Crippen LogP contribution >= 0.6 is 0 Å². The number of amides is 4. The molecule has 4 amide bonds. The number of nitrogens with one attached hydrogen (secondary N) is 1. The zero-order chi connectivity index (χ0) is 16.4. The van der Waals surface area contributed by atoms with Crippen LogP contribution in [0.3, 0.4) is 0 Å². The standard InChI is InChI=1S/C16H26N4O3/c17-13(21)12-7-3-6-10-19(12)11-20-14(22)16(18-15(20)23)8-4-1-2-5-9-16/h12H,1-11H2,(H2,17,21)(H,18,23)/t12-/m1/s1. The number of imide groups is 1. The van der Waals surface area contributed by atoms with Crippen LogP contribution in [0.15, 0.2) is 0 Å². The third-order valence-corrected chi connectivity index (χ3v) is 5.47. The quantitative estimate of drug-likeness (QED) is 0.756. The van der Waals surface area contributed by atoms with Gasteiger partial charge in [0.25, 0.3) is 5.91 Å². The zero-order valence-electron chi connectivity index (χ0n) is 13.6. The minimum atomic E-state index is -0.717. The molecule has 0 bridgehead atoms. The minimum absolute atomic E-state index is 0.127.